The molecular formula is C13H17ClN2OS. The summed E-state index contributed by atoms with van der Waals surface area (Å²) in [5.41, 5.74) is 0. The van der Waals surface area contributed by atoms with E-state index in [0.29, 0.717) is 10.9 Å². The highest BCUT2D eigenvalue weighted by Crippen LogP contribution is 2.24. The molecule has 0 bridgehead atoms. The van der Waals surface area contributed by atoms with Gasteiger partial charge in [0.1, 0.15) is 0 Å². The monoisotopic (exact) mass is 284 g/mol. The summed E-state index contributed by atoms with van der Waals surface area (Å²) in [6.45, 7) is 4.73. The van der Waals surface area contributed by atoms with Crippen LogP contribution in [0, 0.1) is 5.92 Å². The third-order valence-corrected chi connectivity index (χ3v) is 4.29. The molecule has 1 aromatic rings. The van der Waals surface area contributed by atoms with Gasteiger partial charge >= 0.3 is 0 Å². The maximum Gasteiger partial charge on any atom is 0.233 e. The number of amides is 1. The molecule has 0 aromatic heterocycles. The van der Waals surface area contributed by atoms with Gasteiger partial charge in [0.25, 0.3) is 0 Å². The molecule has 1 aromatic carbocycles. The van der Waals surface area contributed by atoms with Crippen molar-refractivity contribution in [3.05, 3.63) is 29.3 Å². The molecule has 1 aliphatic heterocycles. The maximum absolute atomic E-state index is 11.9. The first kappa shape index (κ1) is 13.7. The van der Waals surface area contributed by atoms with E-state index in [0.717, 1.165) is 24.5 Å². The average Bonchev–Trinajstić information content (AvgIpc) is 2.30. The molecule has 1 aliphatic rings. The van der Waals surface area contributed by atoms with Crippen LogP contribution in [0.25, 0.3) is 0 Å². The van der Waals surface area contributed by atoms with Crippen molar-refractivity contribution in [1.82, 2.24) is 10.6 Å². The number of thioether (sulfide) groups is 1. The van der Waals surface area contributed by atoms with E-state index < -0.39 is 0 Å². The zero-order valence-electron chi connectivity index (χ0n) is 10.3. The summed E-state index contributed by atoms with van der Waals surface area (Å²) >= 11 is 7.37. The van der Waals surface area contributed by atoms with E-state index in [-0.39, 0.29) is 11.2 Å². The van der Waals surface area contributed by atoms with Crippen LogP contribution in [0.2, 0.25) is 5.02 Å². The van der Waals surface area contributed by atoms with E-state index in [1.54, 1.807) is 11.8 Å². The van der Waals surface area contributed by atoms with Gasteiger partial charge in [-0.15, -0.1) is 11.8 Å². The van der Waals surface area contributed by atoms with Crippen LogP contribution in [-0.2, 0) is 4.79 Å². The fourth-order valence-corrected chi connectivity index (χ4v) is 2.67. The van der Waals surface area contributed by atoms with Crippen LogP contribution in [0.4, 0.5) is 0 Å². The van der Waals surface area contributed by atoms with Gasteiger partial charge in [0.15, 0.2) is 0 Å². The van der Waals surface area contributed by atoms with Crippen molar-refractivity contribution in [3.8, 4) is 0 Å². The van der Waals surface area contributed by atoms with Crippen molar-refractivity contribution < 1.29 is 4.79 Å². The molecule has 0 saturated carbocycles. The Hall–Kier alpha value is -0.710. The van der Waals surface area contributed by atoms with Crippen molar-refractivity contribution in [2.45, 2.75) is 17.1 Å². The average molecular weight is 285 g/mol. The topological polar surface area (TPSA) is 41.1 Å². The lowest BCUT2D eigenvalue weighted by Gasteiger charge is -2.27. The van der Waals surface area contributed by atoms with Crippen LogP contribution in [0.15, 0.2) is 29.2 Å². The molecule has 3 nitrogen and oxygen atoms in total. The summed E-state index contributed by atoms with van der Waals surface area (Å²) < 4.78 is 0. The van der Waals surface area contributed by atoms with Crippen LogP contribution < -0.4 is 10.6 Å². The van der Waals surface area contributed by atoms with Crippen LogP contribution in [-0.4, -0.2) is 30.8 Å². The van der Waals surface area contributed by atoms with Crippen LogP contribution in [0.1, 0.15) is 6.92 Å². The zero-order valence-corrected chi connectivity index (χ0v) is 11.9. The van der Waals surface area contributed by atoms with Gasteiger partial charge < -0.3 is 10.6 Å². The largest absolute Gasteiger partial charge is 0.355 e. The Morgan fingerprint density at radius 2 is 2.17 bits per heavy atom. The predicted octanol–water partition coefficient (Wildman–Crippen LogP) is 2.16. The van der Waals surface area contributed by atoms with Gasteiger partial charge in [0.2, 0.25) is 5.91 Å². The van der Waals surface area contributed by atoms with Gasteiger partial charge in [0, 0.05) is 35.5 Å². The van der Waals surface area contributed by atoms with E-state index in [1.165, 1.54) is 0 Å². The fourth-order valence-electron chi connectivity index (χ4n) is 1.65. The van der Waals surface area contributed by atoms with E-state index in [4.69, 9.17) is 11.6 Å². The molecule has 1 heterocycles. The second kappa shape index (κ2) is 6.45. The van der Waals surface area contributed by atoms with Crippen molar-refractivity contribution in [2.24, 2.45) is 5.92 Å². The number of nitrogens with one attached hydrogen (secondary N) is 2. The number of benzene rings is 1. The zero-order chi connectivity index (χ0) is 13.0. The SMILES string of the molecule is CC(Sc1ccc(Cl)cc1)C(=O)NCC1CNC1. The summed E-state index contributed by atoms with van der Waals surface area (Å²) in [5, 5.41) is 6.81. The van der Waals surface area contributed by atoms with Crippen molar-refractivity contribution in [1.29, 1.82) is 0 Å². The first-order valence-electron chi connectivity index (χ1n) is 6.06. The Balaban J connectivity index is 1.77. The molecular weight excluding hydrogens is 268 g/mol. The summed E-state index contributed by atoms with van der Waals surface area (Å²) in [7, 11) is 0. The van der Waals surface area contributed by atoms with Gasteiger partial charge in [0.05, 0.1) is 5.25 Å². The second-order valence-electron chi connectivity index (χ2n) is 4.48. The molecule has 1 unspecified atom stereocenters. The lowest BCUT2D eigenvalue weighted by molar-refractivity contribution is -0.120. The lowest BCUT2D eigenvalue weighted by Crippen LogP contribution is -2.49. The second-order valence-corrected chi connectivity index (χ2v) is 6.33. The number of hydrogen-bond donors (Lipinski definition) is 2. The van der Waals surface area contributed by atoms with Gasteiger partial charge in [-0.2, -0.15) is 0 Å². The molecule has 1 fully saturated rings. The van der Waals surface area contributed by atoms with Crippen molar-refractivity contribution in [3.63, 3.8) is 0 Å². The van der Waals surface area contributed by atoms with Crippen molar-refractivity contribution in [2.75, 3.05) is 19.6 Å². The highest BCUT2D eigenvalue weighted by Gasteiger charge is 2.19. The molecule has 0 aliphatic carbocycles. The Bertz CT molecular complexity index is 406. The highest BCUT2D eigenvalue weighted by molar-refractivity contribution is 8.00. The predicted molar refractivity (Wildman–Crippen MR) is 76.1 cm³/mol. The Labute approximate surface area is 117 Å². The first-order chi connectivity index (χ1) is 8.65. The highest BCUT2D eigenvalue weighted by atomic mass is 35.5. The quantitative estimate of drug-likeness (QED) is 0.814. The molecule has 98 valence electrons. The molecule has 2 N–H and O–H groups in total. The van der Waals surface area contributed by atoms with Crippen molar-refractivity contribution >= 4 is 29.3 Å². The minimum absolute atomic E-state index is 0.0841. The minimum Gasteiger partial charge on any atom is -0.355 e. The molecule has 2 rings (SSSR count). The van der Waals surface area contributed by atoms with Gasteiger partial charge in [-0.05, 0) is 31.2 Å². The summed E-state index contributed by atoms with van der Waals surface area (Å²) in [4.78, 5) is 12.9. The molecule has 1 amide bonds. The summed E-state index contributed by atoms with van der Waals surface area (Å²) in [6, 6.07) is 7.56. The lowest BCUT2D eigenvalue weighted by atomic mass is 10.0. The van der Waals surface area contributed by atoms with E-state index in [1.807, 2.05) is 31.2 Å². The summed E-state index contributed by atoms with van der Waals surface area (Å²) in [5.74, 6) is 0.698. The number of rotatable bonds is 5. The molecule has 0 radical (unpaired) electrons. The molecule has 0 spiro atoms. The minimum atomic E-state index is -0.0841. The van der Waals surface area contributed by atoms with Crippen LogP contribution in [0.3, 0.4) is 0 Å². The van der Waals surface area contributed by atoms with Crippen LogP contribution in [0.5, 0.6) is 0 Å². The normalized spacial score (nSPS) is 17.0. The molecule has 1 saturated heterocycles. The van der Waals surface area contributed by atoms with Gasteiger partial charge in [-0.1, -0.05) is 11.6 Å². The van der Waals surface area contributed by atoms with Crippen LogP contribution >= 0.6 is 23.4 Å². The number of halogens is 1. The first-order valence-corrected chi connectivity index (χ1v) is 7.31. The molecule has 5 heteroatoms. The number of carbonyl (C=O) groups excluding carboxylic acids is 1. The Morgan fingerprint density at radius 1 is 1.50 bits per heavy atom. The number of carbonyl (C=O) groups is 1. The van der Waals surface area contributed by atoms with E-state index in [9.17, 15) is 4.79 Å². The number of hydrogen-bond acceptors (Lipinski definition) is 3. The third kappa shape index (κ3) is 3.90. The maximum atomic E-state index is 11.9. The van der Waals surface area contributed by atoms with Gasteiger partial charge in [-0.3, -0.25) is 4.79 Å². The summed E-state index contributed by atoms with van der Waals surface area (Å²) in [6.07, 6.45) is 0. The molecule has 1 atom stereocenters. The van der Waals surface area contributed by atoms with E-state index >= 15 is 0 Å². The smallest absolute Gasteiger partial charge is 0.233 e. The Kier molecular flexibility index (Phi) is 4.92. The standard InChI is InChI=1S/C13H17ClN2OS/c1-9(13(17)16-8-10-6-15-7-10)18-12-4-2-11(14)3-5-12/h2-5,9-10,15H,6-8H2,1H3,(H,16,17). The van der Waals surface area contributed by atoms with E-state index in [2.05, 4.69) is 10.6 Å². The third-order valence-electron chi connectivity index (χ3n) is 2.93. The van der Waals surface area contributed by atoms with Gasteiger partial charge in [-0.25, -0.2) is 0 Å². The fraction of sp³-hybridized carbons (Fsp3) is 0.462. The Morgan fingerprint density at radius 3 is 2.72 bits per heavy atom. The molecule has 18 heavy (non-hydrogen) atoms.